The number of aliphatic hydroxyl groups excluding tert-OH is 6. The number of carboxylic acid groups (broad SMARTS) is 2. The molecule has 0 spiro atoms. The van der Waals surface area contributed by atoms with E-state index < -0.39 is 111 Å². The molecule has 3 fully saturated rings. The molecule has 0 bridgehead atoms. The molecule has 0 unspecified atom stereocenters. The van der Waals surface area contributed by atoms with Crippen LogP contribution in [0.5, 0.6) is 0 Å². The van der Waals surface area contributed by atoms with Crippen LogP contribution in [0.15, 0.2) is 0 Å². The van der Waals surface area contributed by atoms with E-state index in [1.165, 1.54) is 6.92 Å². The van der Waals surface area contributed by atoms with Crippen molar-refractivity contribution in [3.05, 3.63) is 0 Å². The molecular formula is C23H38O15. The fraction of sp³-hybridized carbons (Fsp3) is 0.913. The number of carbonyl (C=O) groups is 2. The summed E-state index contributed by atoms with van der Waals surface area (Å²) in [5.74, 6) is -4.87. The highest BCUT2D eigenvalue weighted by Gasteiger charge is 2.49. The summed E-state index contributed by atoms with van der Waals surface area (Å²) >= 11 is 0. The van der Waals surface area contributed by atoms with E-state index >= 15 is 0 Å². The van der Waals surface area contributed by atoms with Gasteiger partial charge in [0.05, 0.1) is 24.9 Å². The second kappa shape index (κ2) is 13.7. The maximum Gasteiger partial charge on any atom is 0.317 e. The zero-order chi connectivity index (χ0) is 28.1. The molecule has 0 aromatic heterocycles. The number of aliphatic carboxylic acids is 2. The van der Waals surface area contributed by atoms with Crippen molar-refractivity contribution in [3.63, 3.8) is 0 Å². The highest BCUT2D eigenvalue weighted by molar-refractivity contribution is 5.92. The Morgan fingerprint density at radius 3 is 1.95 bits per heavy atom. The molecule has 0 amide bonds. The van der Waals surface area contributed by atoms with Gasteiger partial charge in [0.1, 0.15) is 42.7 Å². The predicted molar refractivity (Wildman–Crippen MR) is 121 cm³/mol. The van der Waals surface area contributed by atoms with Gasteiger partial charge in [-0.15, -0.1) is 0 Å². The largest absolute Gasteiger partial charge is 0.481 e. The first kappa shape index (κ1) is 31.0. The Morgan fingerprint density at radius 1 is 0.816 bits per heavy atom. The van der Waals surface area contributed by atoms with Gasteiger partial charge in [-0.05, 0) is 26.2 Å². The highest BCUT2D eigenvalue weighted by atomic mass is 16.7. The zero-order valence-corrected chi connectivity index (χ0v) is 20.9. The first-order valence-corrected chi connectivity index (χ1v) is 12.7. The summed E-state index contributed by atoms with van der Waals surface area (Å²) in [5.41, 5.74) is 0. The summed E-state index contributed by atoms with van der Waals surface area (Å²) in [6, 6.07) is 0. The van der Waals surface area contributed by atoms with Crippen molar-refractivity contribution in [2.24, 2.45) is 5.92 Å². The van der Waals surface area contributed by atoms with Crippen LogP contribution < -0.4 is 0 Å². The fourth-order valence-corrected chi connectivity index (χ4v) is 4.86. The molecule has 8 N–H and O–H groups in total. The summed E-state index contributed by atoms with van der Waals surface area (Å²) < 4.78 is 28.7. The molecule has 0 aromatic carbocycles. The van der Waals surface area contributed by atoms with Crippen LogP contribution in [0.3, 0.4) is 0 Å². The summed E-state index contributed by atoms with van der Waals surface area (Å²) in [6.45, 7) is 0.440. The van der Waals surface area contributed by atoms with Crippen LogP contribution in [0, 0.1) is 5.92 Å². The topological polar surface area (TPSA) is 242 Å². The minimum absolute atomic E-state index is 0.421. The Hall–Kier alpha value is -1.50. The van der Waals surface area contributed by atoms with Gasteiger partial charge >= 0.3 is 11.9 Å². The van der Waals surface area contributed by atoms with Crippen molar-refractivity contribution in [2.75, 3.05) is 13.2 Å². The molecule has 0 radical (unpaired) electrons. The van der Waals surface area contributed by atoms with E-state index in [1.54, 1.807) is 0 Å². The van der Waals surface area contributed by atoms with Gasteiger partial charge in [0.15, 0.2) is 18.5 Å². The molecule has 3 rings (SSSR count). The molecule has 1 saturated carbocycles. The van der Waals surface area contributed by atoms with Crippen LogP contribution in [0.25, 0.3) is 0 Å². The molecule has 15 nitrogen and oxygen atoms in total. The lowest BCUT2D eigenvalue weighted by atomic mass is 9.93. The Labute approximate surface area is 218 Å². The van der Waals surface area contributed by atoms with Crippen molar-refractivity contribution in [2.45, 2.75) is 113 Å². The lowest BCUT2D eigenvalue weighted by molar-refractivity contribution is -0.344. The second-order valence-electron chi connectivity index (χ2n) is 9.87. The molecule has 12 atom stereocenters. The maximum absolute atomic E-state index is 11.2. The van der Waals surface area contributed by atoms with Gasteiger partial charge in [0.25, 0.3) is 0 Å². The summed E-state index contributed by atoms with van der Waals surface area (Å²) in [5, 5.41) is 79.1. The van der Waals surface area contributed by atoms with Gasteiger partial charge in [0.2, 0.25) is 0 Å². The number of hydrogen-bond donors (Lipinski definition) is 8. The Balaban J connectivity index is 1.71. The van der Waals surface area contributed by atoms with E-state index in [-0.39, 0.29) is 0 Å². The van der Waals surface area contributed by atoms with E-state index in [4.69, 9.17) is 33.9 Å². The molecule has 1 aliphatic carbocycles. The summed E-state index contributed by atoms with van der Waals surface area (Å²) in [4.78, 5) is 22.3. The van der Waals surface area contributed by atoms with Crippen molar-refractivity contribution >= 4 is 11.9 Å². The van der Waals surface area contributed by atoms with Crippen molar-refractivity contribution in [1.82, 2.24) is 0 Å². The van der Waals surface area contributed by atoms with E-state index in [1.807, 2.05) is 0 Å². The minimum atomic E-state index is -1.75. The molecule has 0 aromatic rings. The van der Waals surface area contributed by atoms with Crippen molar-refractivity contribution < 1.29 is 74.1 Å². The Kier molecular flexibility index (Phi) is 11.2. The molecular weight excluding hydrogens is 516 g/mol. The number of carboxylic acids is 2. The predicted octanol–water partition coefficient (Wildman–Crippen LogP) is -2.84. The van der Waals surface area contributed by atoms with Crippen LogP contribution >= 0.6 is 0 Å². The third-order valence-electron chi connectivity index (χ3n) is 7.21. The zero-order valence-electron chi connectivity index (χ0n) is 20.9. The maximum atomic E-state index is 11.2. The fourth-order valence-electron chi connectivity index (χ4n) is 4.86. The normalized spacial score (nSPS) is 42.2. The van der Waals surface area contributed by atoms with Gasteiger partial charge in [-0.2, -0.15) is 0 Å². The van der Waals surface area contributed by atoms with Crippen molar-refractivity contribution in [3.8, 4) is 0 Å². The quantitative estimate of drug-likeness (QED) is 0.120. The Bertz CT molecular complexity index is 768. The van der Waals surface area contributed by atoms with Crippen LogP contribution in [0.1, 0.15) is 39.0 Å². The smallest absolute Gasteiger partial charge is 0.317 e. The van der Waals surface area contributed by atoms with E-state index in [2.05, 4.69) is 0 Å². The number of ether oxygens (including phenoxy) is 5. The van der Waals surface area contributed by atoms with Crippen molar-refractivity contribution in [1.29, 1.82) is 0 Å². The first-order valence-electron chi connectivity index (χ1n) is 12.7. The molecule has 15 heteroatoms. The standard InChI is InChI=1S/C23H38O15/c1-9-14(25)16(27)18(29)22(35-9)36-11-4-2-3-5-12(11)37-23-19(17(28)15(26)13(8-24)38-23)34-7-6-10(20(30)31)21(32)33/h9-19,22-29H,2-8H2,1H3,(H,30,31)(H,32,33)/t9-,11+,12+,13+,14+,15-,16+,17-,18-,19+,22-,23+/m0/s1. The van der Waals surface area contributed by atoms with Crippen LogP contribution in [0.2, 0.25) is 0 Å². The number of hydrogen-bond acceptors (Lipinski definition) is 13. The van der Waals surface area contributed by atoms with Gasteiger partial charge < -0.3 is 64.5 Å². The van der Waals surface area contributed by atoms with E-state index in [0.29, 0.717) is 12.8 Å². The molecule has 220 valence electrons. The van der Waals surface area contributed by atoms with Crippen LogP contribution in [-0.4, -0.2) is 140 Å². The molecule has 2 saturated heterocycles. The molecule has 3 aliphatic rings. The first-order chi connectivity index (χ1) is 18.0. The van der Waals surface area contributed by atoms with E-state index in [0.717, 1.165) is 12.8 Å². The summed E-state index contributed by atoms with van der Waals surface area (Å²) in [6.07, 6.45) is -13.0. The van der Waals surface area contributed by atoms with Gasteiger partial charge in [-0.25, -0.2) is 0 Å². The third-order valence-corrected chi connectivity index (χ3v) is 7.21. The lowest BCUT2D eigenvalue weighted by Crippen LogP contribution is -2.61. The number of aliphatic hydroxyl groups is 6. The molecule has 2 aliphatic heterocycles. The number of rotatable bonds is 11. The van der Waals surface area contributed by atoms with Crippen LogP contribution in [0.4, 0.5) is 0 Å². The lowest BCUT2D eigenvalue weighted by Gasteiger charge is -2.45. The van der Waals surface area contributed by atoms with Crippen LogP contribution in [-0.2, 0) is 33.3 Å². The SMILES string of the molecule is C[C@@H]1O[C@@H](O[C@@H]2CCCC[C@H]2O[C@@H]2O[C@H](CO)[C@H](O)[C@H](O)[C@H]2OCCC(C(=O)O)C(=O)O)[C@@H](O)[C@H](O)[C@@H]1O. The second-order valence-corrected chi connectivity index (χ2v) is 9.87. The van der Waals surface area contributed by atoms with Gasteiger partial charge in [-0.1, -0.05) is 12.8 Å². The monoisotopic (exact) mass is 554 g/mol. The van der Waals surface area contributed by atoms with Gasteiger partial charge in [-0.3, -0.25) is 9.59 Å². The minimum Gasteiger partial charge on any atom is -0.481 e. The van der Waals surface area contributed by atoms with E-state index in [9.17, 15) is 40.2 Å². The summed E-state index contributed by atoms with van der Waals surface area (Å²) in [7, 11) is 0. The molecule has 38 heavy (non-hydrogen) atoms. The average Bonchev–Trinajstić information content (AvgIpc) is 2.87. The highest BCUT2D eigenvalue weighted by Crippen LogP contribution is 2.33. The van der Waals surface area contributed by atoms with Gasteiger partial charge in [0, 0.05) is 6.61 Å². The third kappa shape index (κ3) is 7.17. The Morgan fingerprint density at radius 2 is 1.39 bits per heavy atom. The average molecular weight is 555 g/mol. The molecule has 2 heterocycles.